The maximum absolute atomic E-state index is 6.07. The Kier molecular flexibility index (Phi) is 11.5. The fourth-order valence-corrected chi connectivity index (χ4v) is 6.00. The van der Waals surface area contributed by atoms with Gasteiger partial charge in [-0.15, -0.1) is 22.7 Å². The van der Waals surface area contributed by atoms with Crippen LogP contribution < -0.4 is 4.74 Å². The molecule has 1 unspecified atom stereocenters. The van der Waals surface area contributed by atoms with Crippen LogP contribution >= 0.6 is 54.5 Å². The molecule has 1 nitrogen and oxygen atoms in total. The van der Waals surface area contributed by atoms with Crippen molar-refractivity contribution >= 4 is 54.5 Å². The van der Waals surface area contributed by atoms with Gasteiger partial charge in [0.25, 0.3) is 0 Å². The van der Waals surface area contributed by atoms with Crippen molar-refractivity contribution in [1.82, 2.24) is 0 Å². The minimum atomic E-state index is 0.672. The smallest absolute Gasteiger partial charge is 0.139 e. The highest BCUT2D eigenvalue weighted by atomic mass is 79.9. The molecule has 146 valence electrons. The number of hydrogen-bond donors (Lipinski definition) is 0. The first-order chi connectivity index (χ1) is 12.7. The lowest BCUT2D eigenvalue weighted by Crippen LogP contribution is -2.01. The highest BCUT2D eigenvalue weighted by Crippen LogP contribution is 2.42. The normalized spacial score (nSPS) is 12.4. The van der Waals surface area contributed by atoms with E-state index in [9.17, 15) is 0 Å². The summed E-state index contributed by atoms with van der Waals surface area (Å²) < 4.78 is 7.21. The van der Waals surface area contributed by atoms with Crippen LogP contribution in [0.5, 0.6) is 5.75 Å². The van der Waals surface area contributed by atoms with Crippen molar-refractivity contribution in [3.8, 4) is 15.5 Å². The van der Waals surface area contributed by atoms with Gasteiger partial charge in [0.15, 0.2) is 0 Å². The Morgan fingerprint density at radius 1 is 1.04 bits per heavy atom. The van der Waals surface area contributed by atoms with E-state index < -0.39 is 0 Å². The van der Waals surface area contributed by atoms with Crippen LogP contribution in [0.3, 0.4) is 0 Å². The molecule has 0 spiro atoms. The molecule has 0 bridgehead atoms. The van der Waals surface area contributed by atoms with Gasteiger partial charge in [0.1, 0.15) is 5.75 Å². The second-order valence-electron chi connectivity index (χ2n) is 6.72. The lowest BCUT2D eigenvalue weighted by Gasteiger charge is -2.10. The Hall–Kier alpha value is 0.160. The van der Waals surface area contributed by atoms with Gasteiger partial charge in [-0.05, 0) is 53.1 Å². The van der Waals surface area contributed by atoms with Crippen LogP contribution in [-0.2, 0) is 0 Å². The van der Waals surface area contributed by atoms with E-state index in [0.717, 1.165) is 22.6 Å². The molecule has 2 heterocycles. The molecule has 0 N–H and O–H groups in total. The van der Waals surface area contributed by atoms with Crippen molar-refractivity contribution in [3.05, 3.63) is 27.4 Å². The third kappa shape index (κ3) is 8.45. The van der Waals surface area contributed by atoms with Crippen molar-refractivity contribution in [1.29, 1.82) is 0 Å². The molecule has 0 radical (unpaired) electrons. The molecule has 26 heavy (non-hydrogen) atoms. The molecule has 5 heteroatoms. The third-order valence-electron chi connectivity index (χ3n) is 4.45. The van der Waals surface area contributed by atoms with E-state index in [0.29, 0.717) is 4.83 Å². The number of hydrogen-bond acceptors (Lipinski definition) is 3. The minimum Gasteiger partial charge on any atom is -0.492 e. The summed E-state index contributed by atoms with van der Waals surface area (Å²) in [6.45, 7) is 3.08. The Morgan fingerprint density at radius 2 is 1.77 bits per heavy atom. The summed E-state index contributed by atoms with van der Waals surface area (Å²) in [6, 6.07) is 6.36. The van der Waals surface area contributed by atoms with Gasteiger partial charge in [-0.3, -0.25) is 0 Å². The second-order valence-corrected chi connectivity index (χ2v) is 11.4. The van der Waals surface area contributed by atoms with Gasteiger partial charge in [-0.25, -0.2) is 0 Å². The number of ether oxygens (including phenoxy) is 1. The first-order valence-corrected chi connectivity index (χ1v) is 13.2. The Labute approximate surface area is 183 Å². The number of alkyl halides is 1. The standard InChI is InChI=1S/C21H30Br2OS2/c1-2-3-4-5-6-7-11-17(22)12-8-9-14-24-18-16-20(23)26-21(18)19-13-10-15-25-19/h10,13,15-17H,2-9,11-12,14H2,1H3. The monoisotopic (exact) mass is 520 g/mol. The highest BCUT2D eigenvalue weighted by molar-refractivity contribution is 9.11. The van der Waals surface area contributed by atoms with Gasteiger partial charge in [0.05, 0.1) is 15.3 Å². The third-order valence-corrected chi connectivity index (χ3v) is 8.04. The van der Waals surface area contributed by atoms with Gasteiger partial charge in [-0.1, -0.05) is 67.4 Å². The van der Waals surface area contributed by atoms with Crippen LogP contribution in [0.4, 0.5) is 0 Å². The Balaban J connectivity index is 1.57. The van der Waals surface area contributed by atoms with Crippen LogP contribution in [0.25, 0.3) is 9.75 Å². The van der Waals surface area contributed by atoms with Crippen LogP contribution in [-0.4, -0.2) is 11.4 Å². The number of thiophene rings is 2. The molecule has 0 fully saturated rings. The van der Waals surface area contributed by atoms with E-state index in [-0.39, 0.29) is 0 Å². The zero-order valence-electron chi connectivity index (χ0n) is 15.6. The molecule has 2 aromatic rings. The molecule has 0 saturated heterocycles. The second kappa shape index (κ2) is 13.4. The molecule has 0 aliphatic heterocycles. The molecule has 0 saturated carbocycles. The van der Waals surface area contributed by atoms with Crippen LogP contribution in [0.2, 0.25) is 0 Å². The molecule has 2 rings (SSSR count). The van der Waals surface area contributed by atoms with E-state index in [4.69, 9.17) is 4.74 Å². The number of unbranched alkanes of at least 4 members (excludes halogenated alkanes) is 6. The molecule has 0 aliphatic rings. The van der Waals surface area contributed by atoms with Gasteiger partial charge >= 0.3 is 0 Å². The topological polar surface area (TPSA) is 9.23 Å². The largest absolute Gasteiger partial charge is 0.492 e. The van der Waals surface area contributed by atoms with Gasteiger partial charge in [0, 0.05) is 15.8 Å². The van der Waals surface area contributed by atoms with Crippen molar-refractivity contribution in [2.24, 2.45) is 0 Å². The molecule has 2 aromatic heterocycles. The van der Waals surface area contributed by atoms with Crippen LogP contribution in [0, 0.1) is 0 Å². The van der Waals surface area contributed by atoms with Crippen molar-refractivity contribution in [2.45, 2.75) is 76.0 Å². The summed E-state index contributed by atoms with van der Waals surface area (Å²) >= 11 is 11.0. The van der Waals surface area contributed by atoms with Gasteiger partial charge in [-0.2, -0.15) is 0 Å². The fourth-order valence-electron chi connectivity index (χ4n) is 2.97. The summed E-state index contributed by atoms with van der Waals surface area (Å²) in [5, 5.41) is 2.12. The first-order valence-electron chi connectivity index (χ1n) is 9.80. The first kappa shape index (κ1) is 22.4. The summed E-state index contributed by atoms with van der Waals surface area (Å²) in [5.74, 6) is 1.02. The lowest BCUT2D eigenvalue weighted by atomic mass is 10.1. The molecular formula is C21H30Br2OS2. The SMILES string of the molecule is CCCCCCCCC(Br)CCCCOc1cc(Br)sc1-c1cccs1. The molecule has 1 atom stereocenters. The van der Waals surface area contributed by atoms with E-state index >= 15 is 0 Å². The van der Waals surface area contributed by atoms with Crippen molar-refractivity contribution in [3.63, 3.8) is 0 Å². The predicted molar refractivity (Wildman–Crippen MR) is 125 cm³/mol. The number of halogens is 2. The van der Waals surface area contributed by atoms with E-state index in [1.54, 1.807) is 22.7 Å². The summed E-state index contributed by atoms with van der Waals surface area (Å²) in [6.07, 6.45) is 13.2. The van der Waals surface area contributed by atoms with Crippen molar-refractivity contribution < 1.29 is 4.74 Å². The molecule has 0 aromatic carbocycles. The summed E-state index contributed by atoms with van der Waals surface area (Å²) in [5.41, 5.74) is 0. The zero-order valence-corrected chi connectivity index (χ0v) is 20.5. The molecule has 0 aliphatic carbocycles. The number of rotatable bonds is 14. The minimum absolute atomic E-state index is 0.672. The zero-order chi connectivity index (χ0) is 18.6. The molecular weight excluding hydrogens is 492 g/mol. The van der Waals surface area contributed by atoms with Gasteiger partial charge in [0.2, 0.25) is 0 Å². The van der Waals surface area contributed by atoms with E-state index in [2.05, 4.69) is 62.4 Å². The average Bonchev–Trinajstić information content (AvgIpc) is 3.27. The lowest BCUT2D eigenvalue weighted by molar-refractivity contribution is 0.307. The average molecular weight is 522 g/mol. The highest BCUT2D eigenvalue weighted by Gasteiger charge is 2.12. The van der Waals surface area contributed by atoms with E-state index in [1.165, 1.54) is 67.5 Å². The summed E-state index contributed by atoms with van der Waals surface area (Å²) in [7, 11) is 0. The quantitative estimate of drug-likeness (QED) is 0.178. The Bertz CT molecular complexity index is 595. The molecule has 0 amide bonds. The van der Waals surface area contributed by atoms with E-state index in [1.807, 2.05) is 0 Å². The fraction of sp³-hybridized carbons (Fsp3) is 0.619. The Morgan fingerprint density at radius 3 is 2.50 bits per heavy atom. The maximum Gasteiger partial charge on any atom is 0.139 e. The van der Waals surface area contributed by atoms with Crippen LogP contribution in [0.15, 0.2) is 27.4 Å². The van der Waals surface area contributed by atoms with Crippen molar-refractivity contribution in [2.75, 3.05) is 6.61 Å². The summed E-state index contributed by atoms with van der Waals surface area (Å²) in [4.78, 5) is 3.20. The van der Waals surface area contributed by atoms with Crippen LogP contribution in [0.1, 0.15) is 71.1 Å². The maximum atomic E-state index is 6.07. The predicted octanol–water partition coefficient (Wildman–Crippen LogP) is 9.30. The van der Waals surface area contributed by atoms with Gasteiger partial charge < -0.3 is 4.74 Å².